The third-order valence-electron chi connectivity index (χ3n) is 2.18. The molecule has 0 radical (unpaired) electrons. The summed E-state index contributed by atoms with van der Waals surface area (Å²) in [5, 5.41) is 8.57. The molecule has 1 rings (SSSR count). The van der Waals surface area contributed by atoms with Crippen LogP contribution in [0, 0.1) is 6.92 Å². The van der Waals surface area contributed by atoms with Crippen molar-refractivity contribution in [1.82, 2.24) is 4.72 Å². The Balaban J connectivity index is 2.64. The molecule has 0 aliphatic heterocycles. The Morgan fingerprint density at radius 3 is 2.69 bits per heavy atom. The number of aryl methyl sites for hydroxylation is 1. The molecule has 0 bridgehead atoms. The van der Waals surface area contributed by atoms with Crippen molar-refractivity contribution in [3.63, 3.8) is 0 Å². The van der Waals surface area contributed by atoms with Crippen LogP contribution in [0.4, 0.5) is 0 Å². The van der Waals surface area contributed by atoms with Crippen LogP contribution in [0.2, 0.25) is 0 Å². The summed E-state index contributed by atoms with van der Waals surface area (Å²) in [5.74, 6) is 0. The SMILES string of the molecule is Cc1cccc(S(=O)(=O)NCCCCO)c1. The van der Waals surface area contributed by atoms with Crippen LogP contribution >= 0.6 is 0 Å². The van der Waals surface area contributed by atoms with E-state index in [9.17, 15) is 8.42 Å². The zero-order chi connectivity index (χ0) is 12.0. The number of unbranched alkanes of at least 4 members (excludes halogenated alkanes) is 1. The molecule has 0 aliphatic rings. The molecule has 1 aromatic carbocycles. The summed E-state index contributed by atoms with van der Waals surface area (Å²) in [6, 6.07) is 6.78. The Morgan fingerprint density at radius 2 is 2.06 bits per heavy atom. The van der Waals surface area contributed by atoms with E-state index in [4.69, 9.17) is 5.11 Å². The monoisotopic (exact) mass is 243 g/mol. The van der Waals surface area contributed by atoms with Gasteiger partial charge in [0.15, 0.2) is 0 Å². The minimum absolute atomic E-state index is 0.0895. The molecular weight excluding hydrogens is 226 g/mol. The Morgan fingerprint density at radius 1 is 1.31 bits per heavy atom. The van der Waals surface area contributed by atoms with Crippen LogP contribution in [0.1, 0.15) is 18.4 Å². The highest BCUT2D eigenvalue weighted by Crippen LogP contribution is 2.10. The van der Waals surface area contributed by atoms with Crippen LogP contribution in [0.5, 0.6) is 0 Å². The van der Waals surface area contributed by atoms with Crippen LogP contribution in [-0.2, 0) is 10.0 Å². The molecule has 0 saturated heterocycles. The van der Waals surface area contributed by atoms with Gasteiger partial charge in [0.25, 0.3) is 0 Å². The highest BCUT2D eigenvalue weighted by atomic mass is 32.2. The minimum Gasteiger partial charge on any atom is -0.396 e. The van der Waals surface area contributed by atoms with Gasteiger partial charge in [0.2, 0.25) is 10.0 Å². The van der Waals surface area contributed by atoms with E-state index < -0.39 is 10.0 Å². The first-order chi connectivity index (χ1) is 7.56. The number of hydrogen-bond donors (Lipinski definition) is 2. The second kappa shape index (κ2) is 5.98. The highest BCUT2D eigenvalue weighted by molar-refractivity contribution is 7.89. The summed E-state index contributed by atoms with van der Waals surface area (Å²) in [7, 11) is -3.39. The van der Waals surface area contributed by atoms with Gasteiger partial charge in [0.1, 0.15) is 0 Å². The lowest BCUT2D eigenvalue weighted by Crippen LogP contribution is -2.25. The molecule has 0 spiro atoms. The maximum Gasteiger partial charge on any atom is 0.240 e. The second-order valence-electron chi connectivity index (χ2n) is 3.64. The van der Waals surface area contributed by atoms with E-state index in [1.54, 1.807) is 18.2 Å². The number of hydrogen-bond acceptors (Lipinski definition) is 3. The van der Waals surface area contributed by atoms with Gasteiger partial charge in [-0.3, -0.25) is 0 Å². The van der Waals surface area contributed by atoms with E-state index in [2.05, 4.69) is 4.72 Å². The predicted molar refractivity (Wildman–Crippen MR) is 62.7 cm³/mol. The van der Waals surface area contributed by atoms with Gasteiger partial charge in [-0.15, -0.1) is 0 Å². The summed E-state index contributed by atoms with van der Waals surface area (Å²) in [4.78, 5) is 0.288. The van der Waals surface area contributed by atoms with E-state index >= 15 is 0 Å². The molecule has 90 valence electrons. The Hall–Kier alpha value is -0.910. The molecule has 1 aromatic rings. The van der Waals surface area contributed by atoms with Crippen LogP contribution in [0.3, 0.4) is 0 Å². The van der Waals surface area contributed by atoms with Crippen molar-refractivity contribution in [1.29, 1.82) is 0 Å². The van der Waals surface area contributed by atoms with Crippen molar-refractivity contribution >= 4 is 10.0 Å². The third-order valence-corrected chi connectivity index (χ3v) is 3.64. The van der Waals surface area contributed by atoms with Crippen molar-refractivity contribution in [3.05, 3.63) is 29.8 Å². The number of sulfonamides is 1. The molecular formula is C11H17NO3S. The van der Waals surface area contributed by atoms with Gasteiger partial charge in [0.05, 0.1) is 4.90 Å². The van der Waals surface area contributed by atoms with E-state index in [0.29, 0.717) is 19.4 Å². The summed E-state index contributed by atoms with van der Waals surface area (Å²) in [5.41, 5.74) is 0.915. The molecule has 2 N–H and O–H groups in total. The Labute approximate surface area is 96.4 Å². The molecule has 0 unspecified atom stereocenters. The Kier molecular flexibility index (Phi) is 4.92. The third kappa shape index (κ3) is 3.92. The maximum atomic E-state index is 11.8. The van der Waals surface area contributed by atoms with Gasteiger partial charge in [0, 0.05) is 13.2 Å². The lowest BCUT2D eigenvalue weighted by atomic mass is 10.2. The molecule has 0 atom stereocenters. The summed E-state index contributed by atoms with van der Waals surface area (Å²) in [6.45, 7) is 2.30. The van der Waals surface area contributed by atoms with E-state index in [0.717, 1.165) is 5.56 Å². The predicted octanol–water partition coefficient (Wildman–Crippen LogP) is 1.05. The van der Waals surface area contributed by atoms with Gasteiger partial charge in [-0.1, -0.05) is 12.1 Å². The average molecular weight is 243 g/mol. The molecule has 0 fully saturated rings. The smallest absolute Gasteiger partial charge is 0.240 e. The number of rotatable bonds is 6. The number of aliphatic hydroxyl groups is 1. The first-order valence-electron chi connectivity index (χ1n) is 5.23. The summed E-state index contributed by atoms with van der Waals surface area (Å²) < 4.78 is 26.0. The van der Waals surface area contributed by atoms with Crippen molar-refractivity contribution in [2.24, 2.45) is 0 Å². The largest absolute Gasteiger partial charge is 0.396 e. The van der Waals surface area contributed by atoms with Gasteiger partial charge >= 0.3 is 0 Å². The quantitative estimate of drug-likeness (QED) is 0.734. The van der Waals surface area contributed by atoms with Gasteiger partial charge < -0.3 is 5.11 Å². The second-order valence-corrected chi connectivity index (χ2v) is 5.41. The van der Waals surface area contributed by atoms with Crippen molar-refractivity contribution < 1.29 is 13.5 Å². The standard InChI is InChI=1S/C11H17NO3S/c1-10-5-4-6-11(9-10)16(14,15)12-7-2-3-8-13/h4-6,9,12-13H,2-3,7-8H2,1H3. The molecule has 0 aliphatic carbocycles. The van der Waals surface area contributed by atoms with E-state index in [-0.39, 0.29) is 11.5 Å². The fourth-order valence-corrected chi connectivity index (χ4v) is 2.49. The van der Waals surface area contributed by atoms with Crippen molar-refractivity contribution in [3.8, 4) is 0 Å². The number of benzene rings is 1. The average Bonchev–Trinajstić information content (AvgIpc) is 2.24. The lowest BCUT2D eigenvalue weighted by molar-refractivity contribution is 0.285. The summed E-state index contributed by atoms with van der Waals surface area (Å²) >= 11 is 0. The molecule has 0 saturated carbocycles. The zero-order valence-corrected chi connectivity index (χ0v) is 10.1. The maximum absolute atomic E-state index is 11.8. The number of nitrogens with one attached hydrogen (secondary N) is 1. The van der Waals surface area contributed by atoms with Crippen molar-refractivity contribution in [2.45, 2.75) is 24.7 Å². The molecule has 0 heterocycles. The molecule has 5 heteroatoms. The first kappa shape index (κ1) is 13.2. The fourth-order valence-electron chi connectivity index (χ4n) is 1.31. The topological polar surface area (TPSA) is 66.4 Å². The van der Waals surface area contributed by atoms with Gasteiger partial charge in [-0.25, -0.2) is 13.1 Å². The van der Waals surface area contributed by atoms with Crippen LogP contribution < -0.4 is 4.72 Å². The van der Waals surface area contributed by atoms with Gasteiger partial charge in [-0.2, -0.15) is 0 Å². The van der Waals surface area contributed by atoms with Crippen LogP contribution in [-0.4, -0.2) is 26.7 Å². The first-order valence-corrected chi connectivity index (χ1v) is 6.72. The van der Waals surface area contributed by atoms with Crippen molar-refractivity contribution in [2.75, 3.05) is 13.2 Å². The van der Waals surface area contributed by atoms with E-state index in [1.807, 2.05) is 13.0 Å². The molecule has 0 amide bonds. The fraction of sp³-hybridized carbons (Fsp3) is 0.455. The molecule has 4 nitrogen and oxygen atoms in total. The number of aliphatic hydroxyl groups excluding tert-OH is 1. The normalized spacial score (nSPS) is 11.6. The van der Waals surface area contributed by atoms with Gasteiger partial charge in [-0.05, 0) is 37.5 Å². The summed E-state index contributed by atoms with van der Waals surface area (Å²) in [6.07, 6.45) is 1.25. The zero-order valence-electron chi connectivity index (χ0n) is 9.31. The molecule has 16 heavy (non-hydrogen) atoms. The Bertz CT molecular complexity index is 429. The molecule has 0 aromatic heterocycles. The minimum atomic E-state index is -3.39. The van der Waals surface area contributed by atoms with Crippen LogP contribution in [0.15, 0.2) is 29.2 Å². The van der Waals surface area contributed by atoms with Crippen LogP contribution in [0.25, 0.3) is 0 Å². The lowest BCUT2D eigenvalue weighted by Gasteiger charge is -2.06. The van der Waals surface area contributed by atoms with E-state index in [1.165, 1.54) is 0 Å². The highest BCUT2D eigenvalue weighted by Gasteiger charge is 2.12.